The lowest BCUT2D eigenvalue weighted by atomic mass is 9.90. The smallest absolute Gasteiger partial charge is 0.244 e. The predicted molar refractivity (Wildman–Crippen MR) is 87.4 cm³/mol. The van der Waals surface area contributed by atoms with Crippen molar-refractivity contribution in [3.8, 4) is 10.4 Å². The minimum Gasteiger partial charge on any atom is -0.368 e. The fourth-order valence-corrected chi connectivity index (χ4v) is 4.15. The zero-order chi connectivity index (χ0) is 15.7. The second-order valence-electron chi connectivity index (χ2n) is 5.61. The molecule has 1 unspecified atom stereocenters. The van der Waals surface area contributed by atoms with Gasteiger partial charge >= 0.3 is 0 Å². The van der Waals surface area contributed by atoms with Crippen molar-refractivity contribution in [2.24, 2.45) is 5.73 Å². The zero-order valence-electron chi connectivity index (χ0n) is 12.9. The molecule has 1 fully saturated rings. The zero-order valence-corrected chi connectivity index (χ0v) is 13.7. The molecule has 3 rings (SSSR count). The molecule has 2 aromatic rings. The average molecular weight is 316 g/mol. The van der Waals surface area contributed by atoms with Gasteiger partial charge in [0.15, 0.2) is 0 Å². The number of carbonyl (C=O) groups excluding carboxylic acids is 1. The molecule has 1 aliphatic heterocycles. The number of amides is 1. The van der Waals surface area contributed by atoms with Gasteiger partial charge in [0.25, 0.3) is 0 Å². The Morgan fingerprint density at radius 1 is 1.45 bits per heavy atom. The summed E-state index contributed by atoms with van der Waals surface area (Å²) >= 11 is 1.60. The lowest BCUT2D eigenvalue weighted by Crippen LogP contribution is -2.51. The van der Waals surface area contributed by atoms with Crippen molar-refractivity contribution in [1.29, 1.82) is 0 Å². The number of pyridine rings is 1. The largest absolute Gasteiger partial charge is 0.368 e. The molecule has 22 heavy (non-hydrogen) atoms. The van der Waals surface area contributed by atoms with E-state index in [9.17, 15) is 4.79 Å². The van der Waals surface area contributed by atoms with E-state index in [2.05, 4.69) is 21.8 Å². The predicted octanol–water partition coefficient (Wildman–Crippen LogP) is 2.31. The molecule has 116 valence electrons. The fraction of sp³-hybridized carbons (Fsp3) is 0.438. The van der Waals surface area contributed by atoms with Gasteiger partial charge in [0.05, 0.1) is 21.8 Å². The second kappa shape index (κ2) is 5.78. The molecular weight excluding hydrogens is 296 g/mol. The number of carbonyl (C=O) groups is 1. The number of aryl methyl sites for hydroxylation is 1. The first-order valence-corrected chi connectivity index (χ1v) is 8.39. The molecule has 6 heteroatoms. The van der Waals surface area contributed by atoms with Gasteiger partial charge < -0.3 is 5.73 Å². The summed E-state index contributed by atoms with van der Waals surface area (Å²) in [6.07, 6.45) is 3.53. The third-order valence-corrected chi connectivity index (χ3v) is 5.47. The van der Waals surface area contributed by atoms with Crippen LogP contribution in [-0.4, -0.2) is 33.9 Å². The van der Waals surface area contributed by atoms with Crippen molar-refractivity contribution in [1.82, 2.24) is 14.9 Å². The van der Waals surface area contributed by atoms with Crippen molar-refractivity contribution in [3.05, 3.63) is 35.2 Å². The van der Waals surface area contributed by atoms with Crippen LogP contribution in [0.25, 0.3) is 10.4 Å². The molecule has 0 radical (unpaired) electrons. The summed E-state index contributed by atoms with van der Waals surface area (Å²) in [5.74, 6) is -0.305. The fourth-order valence-electron chi connectivity index (χ4n) is 3.35. The first-order valence-electron chi connectivity index (χ1n) is 7.51. The third-order valence-electron chi connectivity index (χ3n) is 4.49. The SMILES string of the molecule is CCN1CCCC1(C(N)=O)c1ccc(-c2scnc2C)cn1. The summed E-state index contributed by atoms with van der Waals surface area (Å²) in [5, 5.41) is 0. The van der Waals surface area contributed by atoms with Gasteiger partial charge in [-0.25, -0.2) is 4.98 Å². The Kier molecular flexibility index (Phi) is 3.97. The van der Waals surface area contributed by atoms with Crippen LogP contribution >= 0.6 is 11.3 Å². The van der Waals surface area contributed by atoms with Gasteiger partial charge in [0.1, 0.15) is 5.54 Å². The van der Waals surface area contributed by atoms with Gasteiger partial charge in [0, 0.05) is 11.8 Å². The van der Waals surface area contributed by atoms with Gasteiger partial charge in [-0.2, -0.15) is 0 Å². The van der Waals surface area contributed by atoms with Crippen molar-refractivity contribution in [2.75, 3.05) is 13.1 Å². The Morgan fingerprint density at radius 3 is 2.82 bits per heavy atom. The average Bonchev–Trinajstić information content (AvgIpc) is 3.13. The highest BCUT2D eigenvalue weighted by Crippen LogP contribution is 2.38. The Balaban J connectivity index is 2.01. The first-order chi connectivity index (χ1) is 10.6. The normalized spacial score (nSPS) is 22.1. The molecule has 1 amide bonds. The van der Waals surface area contributed by atoms with Crippen LogP contribution in [-0.2, 0) is 10.3 Å². The summed E-state index contributed by atoms with van der Waals surface area (Å²) in [6, 6.07) is 3.95. The highest BCUT2D eigenvalue weighted by Gasteiger charge is 2.48. The number of likely N-dealkylation sites (N-methyl/N-ethyl adjacent to an activating group) is 1. The molecule has 1 aliphatic rings. The topological polar surface area (TPSA) is 72.1 Å². The van der Waals surface area contributed by atoms with E-state index in [1.165, 1.54) is 0 Å². The molecule has 0 bridgehead atoms. The van der Waals surface area contributed by atoms with Crippen LogP contribution in [0.15, 0.2) is 23.8 Å². The third kappa shape index (κ3) is 2.23. The van der Waals surface area contributed by atoms with Crippen LogP contribution in [0.1, 0.15) is 31.2 Å². The molecule has 5 nitrogen and oxygen atoms in total. The summed E-state index contributed by atoms with van der Waals surface area (Å²) < 4.78 is 0. The van der Waals surface area contributed by atoms with E-state index in [0.717, 1.165) is 47.8 Å². The number of hydrogen-bond acceptors (Lipinski definition) is 5. The van der Waals surface area contributed by atoms with E-state index in [1.54, 1.807) is 11.3 Å². The summed E-state index contributed by atoms with van der Waals surface area (Å²) in [5.41, 5.74) is 9.62. The van der Waals surface area contributed by atoms with E-state index < -0.39 is 5.54 Å². The molecule has 2 N–H and O–H groups in total. The molecule has 1 atom stereocenters. The Bertz CT molecular complexity index is 682. The maximum absolute atomic E-state index is 12.2. The van der Waals surface area contributed by atoms with E-state index >= 15 is 0 Å². The van der Waals surface area contributed by atoms with Gasteiger partial charge in [0.2, 0.25) is 5.91 Å². The van der Waals surface area contributed by atoms with Crippen LogP contribution in [0.5, 0.6) is 0 Å². The standard InChI is InChI=1S/C16H20N4OS/c1-3-20-8-4-7-16(20,15(17)21)13-6-5-12(9-18-13)14-11(2)19-10-22-14/h5-6,9-10H,3-4,7-8H2,1-2H3,(H2,17,21). The Labute approximate surface area is 134 Å². The summed E-state index contributed by atoms with van der Waals surface area (Å²) in [7, 11) is 0. The maximum Gasteiger partial charge on any atom is 0.244 e. The van der Waals surface area contributed by atoms with Crippen LogP contribution in [0.4, 0.5) is 0 Å². The van der Waals surface area contributed by atoms with Crippen LogP contribution in [0, 0.1) is 6.92 Å². The van der Waals surface area contributed by atoms with E-state index in [-0.39, 0.29) is 5.91 Å². The number of nitrogens with two attached hydrogens (primary N) is 1. The van der Waals surface area contributed by atoms with Crippen molar-refractivity contribution < 1.29 is 4.79 Å². The van der Waals surface area contributed by atoms with E-state index in [0.29, 0.717) is 0 Å². The summed E-state index contributed by atoms with van der Waals surface area (Å²) in [4.78, 5) is 24.3. The molecule has 0 aromatic carbocycles. The number of thiazole rings is 1. The first kappa shape index (κ1) is 15.1. The monoisotopic (exact) mass is 316 g/mol. The minimum absolute atomic E-state index is 0.305. The number of aromatic nitrogens is 2. The molecule has 0 spiro atoms. The van der Waals surface area contributed by atoms with Gasteiger partial charge in [-0.15, -0.1) is 11.3 Å². The molecular formula is C16H20N4OS. The molecule has 1 saturated heterocycles. The Hall–Kier alpha value is -1.79. The van der Waals surface area contributed by atoms with Crippen molar-refractivity contribution in [3.63, 3.8) is 0 Å². The molecule has 0 aliphatic carbocycles. The second-order valence-corrected chi connectivity index (χ2v) is 6.46. The number of nitrogens with zero attached hydrogens (tertiary/aromatic N) is 3. The minimum atomic E-state index is -0.754. The van der Waals surface area contributed by atoms with Crippen LogP contribution in [0.2, 0.25) is 0 Å². The highest BCUT2D eigenvalue weighted by atomic mass is 32.1. The van der Waals surface area contributed by atoms with E-state index in [4.69, 9.17) is 5.73 Å². The van der Waals surface area contributed by atoms with Crippen LogP contribution < -0.4 is 5.73 Å². The Morgan fingerprint density at radius 2 is 2.27 bits per heavy atom. The lowest BCUT2D eigenvalue weighted by Gasteiger charge is -2.34. The van der Waals surface area contributed by atoms with Gasteiger partial charge in [-0.1, -0.05) is 13.0 Å². The van der Waals surface area contributed by atoms with Crippen molar-refractivity contribution >= 4 is 17.2 Å². The number of primary amides is 1. The molecule has 3 heterocycles. The van der Waals surface area contributed by atoms with Crippen molar-refractivity contribution in [2.45, 2.75) is 32.2 Å². The van der Waals surface area contributed by atoms with Gasteiger partial charge in [-0.05, 0) is 38.9 Å². The van der Waals surface area contributed by atoms with E-state index in [1.807, 2.05) is 30.8 Å². The number of rotatable bonds is 4. The maximum atomic E-state index is 12.2. The summed E-state index contributed by atoms with van der Waals surface area (Å²) in [6.45, 7) is 5.72. The highest BCUT2D eigenvalue weighted by molar-refractivity contribution is 7.13. The number of hydrogen-bond donors (Lipinski definition) is 1. The van der Waals surface area contributed by atoms with Crippen LogP contribution in [0.3, 0.4) is 0 Å². The number of likely N-dealkylation sites (tertiary alicyclic amines) is 1. The van der Waals surface area contributed by atoms with Gasteiger partial charge in [-0.3, -0.25) is 14.7 Å². The molecule has 2 aromatic heterocycles. The molecule has 0 saturated carbocycles. The lowest BCUT2D eigenvalue weighted by molar-refractivity contribution is -0.129. The quantitative estimate of drug-likeness (QED) is 0.939.